The number of aromatic nitrogens is 2. The lowest BCUT2D eigenvalue weighted by atomic mass is 10.2. The molecule has 1 heterocycles. The van der Waals surface area contributed by atoms with Gasteiger partial charge in [0.1, 0.15) is 0 Å². The van der Waals surface area contributed by atoms with Crippen LogP contribution in [0.15, 0.2) is 46.3 Å². The molecule has 1 aromatic carbocycles. The zero-order chi connectivity index (χ0) is 14.8. The lowest BCUT2D eigenvalue weighted by molar-refractivity contribution is 0.192. The topological polar surface area (TPSA) is 89.4 Å². The minimum atomic E-state index is -3.76. The summed E-state index contributed by atoms with van der Waals surface area (Å²) in [7, 11) is -2.38. The predicted molar refractivity (Wildman–Crippen MR) is 71.1 cm³/mol. The van der Waals surface area contributed by atoms with Crippen LogP contribution in [0.5, 0.6) is 5.88 Å². The van der Waals surface area contributed by atoms with Crippen molar-refractivity contribution in [3.8, 4) is 5.88 Å². The molecule has 2 rings (SSSR count). The molecule has 2 aromatic rings. The molecule has 0 saturated carbocycles. The maximum atomic E-state index is 12.4. The molecule has 1 atom stereocenters. The van der Waals surface area contributed by atoms with E-state index in [1.54, 1.807) is 18.2 Å². The highest BCUT2D eigenvalue weighted by atomic mass is 32.2. The SMILES string of the molecule is COc1nnc(S(=O)(=O)c2ccccc2)cc1C(C)O. The third-order valence-electron chi connectivity index (χ3n) is 2.74. The Balaban J connectivity index is 2.56. The van der Waals surface area contributed by atoms with Crippen LogP contribution < -0.4 is 4.74 Å². The van der Waals surface area contributed by atoms with E-state index in [2.05, 4.69) is 10.2 Å². The minimum absolute atomic E-state index is 0.104. The van der Waals surface area contributed by atoms with Gasteiger partial charge in [-0.2, -0.15) is 0 Å². The van der Waals surface area contributed by atoms with E-state index in [0.717, 1.165) is 0 Å². The van der Waals surface area contributed by atoms with Crippen LogP contribution in [0.1, 0.15) is 18.6 Å². The molecule has 1 N–H and O–H groups in total. The predicted octanol–water partition coefficient (Wildman–Crippen LogP) is 1.37. The quantitative estimate of drug-likeness (QED) is 0.916. The molecule has 6 nitrogen and oxygen atoms in total. The van der Waals surface area contributed by atoms with E-state index in [0.29, 0.717) is 0 Å². The first-order valence-corrected chi connectivity index (χ1v) is 7.35. The molecular weight excluding hydrogens is 280 g/mol. The third kappa shape index (κ3) is 2.63. The Bertz CT molecular complexity index is 700. The van der Waals surface area contributed by atoms with Gasteiger partial charge in [-0.3, -0.25) is 0 Å². The number of aliphatic hydroxyl groups excluding tert-OH is 1. The van der Waals surface area contributed by atoms with Crippen molar-refractivity contribution in [2.24, 2.45) is 0 Å². The smallest absolute Gasteiger partial charge is 0.239 e. The second kappa shape index (κ2) is 5.56. The number of ether oxygens (including phenoxy) is 1. The van der Waals surface area contributed by atoms with Gasteiger partial charge in [-0.25, -0.2) is 8.42 Å². The Hall–Kier alpha value is -1.99. The van der Waals surface area contributed by atoms with Crippen molar-refractivity contribution in [3.63, 3.8) is 0 Å². The van der Waals surface area contributed by atoms with Gasteiger partial charge >= 0.3 is 0 Å². The summed E-state index contributed by atoms with van der Waals surface area (Å²) >= 11 is 0. The van der Waals surface area contributed by atoms with Gasteiger partial charge < -0.3 is 9.84 Å². The van der Waals surface area contributed by atoms with Crippen molar-refractivity contribution in [2.75, 3.05) is 7.11 Å². The standard InChI is InChI=1S/C13H14N2O4S/c1-9(16)11-8-12(14-15-13(11)19-2)20(17,18)10-6-4-3-5-7-10/h3-9,16H,1-2H3. The summed E-state index contributed by atoms with van der Waals surface area (Å²) in [5, 5.41) is 16.8. The molecule has 0 spiro atoms. The Kier molecular flexibility index (Phi) is 4.01. The molecule has 1 unspecified atom stereocenters. The van der Waals surface area contributed by atoms with Gasteiger partial charge in [-0.05, 0) is 25.1 Å². The number of hydrogen-bond donors (Lipinski definition) is 1. The largest absolute Gasteiger partial charge is 0.480 e. The molecule has 0 aliphatic carbocycles. The van der Waals surface area contributed by atoms with Crippen LogP contribution in [-0.2, 0) is 9.84 Å². The number of nitrogens with zero attached hydrogens (tertiary/aromatic N) is 2. The zero-order valence-electron chi connectivity index (χ0n) is 11.0. The summed E-state index contributed by atoms with van der Waals surface area (Å²) in [6.45, 7) is 1.50. The number of sulfone groups is 1. The van der Waals surface area contributed by atoms with Crippen molar-refractivity contribution in [1.29, 1.82) is 0 Å². The van der Waals surface area contributed by atoms with Gasteiger partial charge in [-0.15, -0.1) is 10.2 Å². The Labute approximate surface area is 117 Å². The maximum Gasteiger partial charge on any atom is 0.239 e. The van der Waals surface area contributed by atoms with Gasteiger partial charge in [0, 0.05) is 5.56 Å². The second-order valence-corrected chi connectivity index (χ2v) is 6.04. The normalized spacial score (nSPS) is 12.9. The van der Waals surface area contributed by atoms with Gasteiger partial charge in [0.15, 0.2) is 5.03 Å². The average Bonchev–Trinajstić information content (AvgIpc) is 2.47. The zero-order valence-corrected chi connectivity index (χ0v) is 11.8. The Morgan fingerprint density at radius 2 is 1.85 bits per heavy atom. The van der Waals surface area contributed by atoms with Crippen molar-refractivity contribution >= 4 is 9.84 Å². The molecule has 0 saturated heterocycles. The van der Waals surface area contributed by atoms with Crippen molar-refractivity contribution < 1.29 is 18.3 Å². The van der Waals surface area contributed by atoms with E-state index >= 15 is 0 Å². The van der Waals surface area contributed by atoms with E-state index in [1.807, 2.05) is 0 Å². The molecule has 0 bridgehead atoms. The summed E-state index contributed by atoms with van der Waals surface area (Å²) in [5.41, 5.74) is 0.275. The summed E-state index contributed by atoms with van der Waals surface area (Å²) in [5.74, 6) is 0.104. The van der Waals surface area contributed by atoms with Crippen molar-refractivity contribution in [3.05, 3.63) is 42.0 Å². The van der Waals surface area contributed by atoms with Crippen LogP contribution in [0.25, 0.3) is 0 Å². The second-order valence-electron chi connectivity index (χ2n) is 4.14. The molecule has 0 amide bonds. The fraction of sp³-hybridized carbons (Fsp3) is 0.231. The van der Waals surface area contributed by atoms with E-state index in [9.17, 15) is 13.5 Å². The first-order chi connectivity index (χ1) is 9.46. The van der Waals surface area contributed by atoms with Gasteiger partial charge in [0.05, 0.1) is 18.1 Å². The lowest BCUT2D eigenvalue weighted by Gasteiger charge is -2.11. The summed E-state index contributed by atoms with van der Waals surface area (Å²) in [6, 6.07) is 9.20. The van der Waals surface area contributed by atoms with Gasteiger partial charge in [0.2, 0.25) is 15.7 Å². The summed E-state index contributed by atoms with van der Waals surface area (Å²) < 4.78 is 29.7. The highest BCUT2D eigenvalue weighted by Crippen LogP contribution is 2.26. The molecule has 0 radical (unpaired) electrons. The number of benzene rings is 1. The number of hydrogen-bond acceptors (Lipinski definition) is 6. The van der Waals surface area contributed by atoms with Crippen LogP contribution in [0.3, 0.4) is 0 Å². The molecular formula is C13H14N2O4S. The fourth-order valence-electron chi connectivity index (χ4n) is 1.69. The van der Waals surface area contributed by atoms with E-state index in [-0.39, 0.29) is 21.4 Å². The van der Waals surface area contributed by atoms with Crippen molar-refractivity contribution in [1.82, 2.24) is 10.2 Å². The van der Waals surface area contributed by atoms with E-state index in [1.165, 1.54) is 32.2 Å². The first kappa shape index (κ1) is 14.4. The van der Waals surface area contributed by atoms with Crippen LogP contribution in [0.2, 0.25) is 0 Å². The Morgan fingerprint density at radius 3 is 2.40 bits per heavy atom. The third-order valence-corrected chi connectivity index (χ3v) is 4.38. The van der Waals surface area contributed by atoms with E-state index in [4.69, 9.17) is 4.74 Å². The fourth-order valence-corrected chi connectivity index (χ4v) is 2.87. The number of methoxy groups -OCH3 is 1. The molecule has 0 aliphatic heterocycles. The number of rotatable bonds is 4. The van der Waals surface area contributed by atoms with Crippen LogP contribution in [-0.4, -0.2) is 30.8 Å². The highest BCUT2D eigenvalue weighted by molar-refractivity contribution is 7.91. The Morgan fingerprint density at radius 1 is 1.20 bits per heavy atom. The molecule has 1 aromatic heterocycles. The first-order valence-electron chi connectivity index (χ1n) is 5.86. The van der Waals surface area contributed by atoms with Crippen LogP contribution in [0, 0.1) is 0 Å². The van der Waals surface area contributed by atoms with Crippen LogP contribution in [0.4, 0.5) is 0 Å². The van der Waals surface area contributed by atoms with Gasteiger partial charge in [-0.1, -0.05) is 18.2 Å². The lowest BCUT2D eigenvalue weighted by Crippen LogP contribution is -2.09. The number of aliphatic hydroxyl groups is 1. The highest BCUT2D eigenvalue weighted by Gasteiger charge is 2.23. The summed E-state index contributed by atoms with van der Waals surface area (Å²) in [6.07, 6.45) is -0.912. The molecule has 0 aliphatic rings. The molecule has 0 fully saturated rings. The van der Waals surface area contributed by atoms with Gasteiger partial charge in [0.25, 0.3) is 0 Å². The van der Waals surface area contributed by atoms with Crippen LogP contribution >= 0.6 is 0 Å². The van der Waals surface area contributed by atoms with E-state index < -0.39 is 15.9 Å². The maximum absolute atomic E-state index is 12.4. The monoisotopic (exact) mass is 294 g/mol. The average molecular weight is 294 g/mol. The molecule has 7 heteroatoms. The minimum Gasteiger partial charge on any atom is -0.480 e. The summed E-state index contributed by atoms with van der Waals surface area (Å²) in [4.78, 5) is 0.121. The molecule has 106 valence electrons. The van der Waals surface area contributed by atoms with Crippen molar-refractivity contribution in [2.45, 2.75) is 22.9 Å². The molecule has 20 heavy (non-hydrogen) atoms.